The Hall–Kier alpha value is -3.12. The van der Waals surface area contributed by atoms with E-state index in [0.29, 0.717) is 22.2 Å². The van der Waals surface area contributed by atoms with Crippen molar-refractivity contribution >= 4 is 28.2 Å². The van der Waals surface area contributed by atoms with Crippen LogP contribution in [-0.2, 0) is 9.53 Å². The monoisotopic (exact) mass is 437 g/mol. The van der Waals surface area contributed by atoms with Crippen LogP contribution in [0.3, 0.4) is 0 Å². The van der Waals surface area contributed by atoms with Gasteiger partial charge in [0.05, 0.1) is 7.11 Å². The summed E-state index contributed by atoms with van der Waals surface area (Å²) < 4.78 is 10.7. The lowest BCUT2D eigenvalue weighted by atomic mass is 9.97. The van der Waals surface area contributed by atoms with Gasteiger partial charge < -0.3 is 14.8 Å². The van der Waals surface area contributed by atoms with Gasteiger partial charge in [0, 0.05) is 10.4 Å². The zero-order valence-electron chi connectivity index (χ0n) is 18.4. The molecule has 3 rings (SSSR count). The van der Waals surface area contributed by atoms with E-state index >= 15 is 0 Å². The molecule has 0 aliphatic rings. The Morgan fingerprint density at radius 1 is 0.968 bits per heavy atom. The van der Waals surface area contributed by atoms with Crippen LogP contribution in [0.25, 0.3) is 11.1 Å². The Morgan fingerprint density at radius 2 is 1.61 bits per heavy atom. The molecular formula is C25H27NO4S. The van der Waals surface area contributed by atoms with E-state index in [9.17, 15) is 9.59 Å². The van der Waals surface area contributed by atoms with Crippen molar-refractivity contribution in [3.8, 4) is 16.9 Å². The summed E-state index contributed by atoms with van der Waals surface area (Å²) in [6.45, 7) is 7.88. The number of rotatable bonds is 7. The molecule has 0 bridgehead atoms. The number of benzene rings is 2. The summed E-state index contributed by atoms with van der Waals surface area (Å²) in [5.41, 5.74) is 3.27. The Labute approximate surface area is 187 Å². The highest BCUT2D eigenvalue weighted by molar-refractivity contribution is 7.17. The molecule has 0 saturated heterocycles. The molecular weight excluding hydrogens is 410 g/mol. The average molecular weight is 438 g/mol. The standard InChI is InChI=1S/C25H27NO4S/c1-15(2)18-11-13-19(14-12-18)21-17(4)31-24(22(21)25(28)29-5)26-23(27)16(3)30-20-9-7-6-8-10-20/h6-16H,1-5H3,(H,26,27). The number of nitrogens with one attached hydrogen (secondary N) is 1. The van der Waals surface area contributed by atoms with Crippen LogP contribution in [0.1, 0.15) is 47.5 Å². The van der Waals surface area contributed by atoms with Gasteiger partial charge >= 0.3 is 5.97 Å². The molecule has 0 spiro atoms. The summed E-state index contributed by atoms with van der Waals surface area (Å²) in [6, 6.07) is 17.3. The van der Waals surface area contributed by atoms with Crippen molar-refractivity contribution in [2.75, 3.05) is 12.4 Å². The number of aryl methyl sites for hydroxylation is 1. The van der Waals surface area contributed by atoms with Gasteiger partial charge in [-0.05, 0) is 43.0 Å². The van der Waals surface area contributed by atoms with Crippen LogP contribution in [0, 0.1) is 6.92 Å². The van der Waals surface area contributed by atoms with E-state index in [4.69, 9.17) is 9.47 Å². The number of carbonyl (C=O) groups excluding carboxylic acids is 2. The number of ether oxygens (including phenoxy) is 2. The molecule has 0 saturated carbocycles. The van der Waals surface area contributed by atoms with Crippen LogP contribution in [0.4, 0.5) is 5.00 Å². The highest BCUT2D eigenvalue weighted by atomic mass is 32.1. The summed E-state index contributed by atoms with van der Waals surface area (Å²) >= 11 is 1.35. The summed E-state index contributed by atoms with van der Waals surface area (Å²) in [6.07, 6.45) is -0.732. The maximum atomic E-state index is 12.8. The number of methoxy groups -OCH3 is 1. The summed E-state index contributed by atoms with van der Waals surface area (Å²) in [4.78, 5) is 26.4. The summed E-state index contributed by atoms with van der Waals surface area (Å²) in [7, 11) is 1.34. The molecule has 0 aliphatic heterocycles. The van der Waals surface area contributed by atoms with Crippen molar-refractivity contribution in [1.29, 1.82) is 0 Å². The Kier molecular flexibility index (Phi) is 7.13. The second kappa shape index (κ2) is 9.79. The number of thiophene rings is 1. The molecule has 2 aromatic carbocycles. The van der Waals surface area contributed by atoms with Gasteiger partial charge in [-0.3, -0.25) is 4.79 Å². The average Bonchev–Trinajstić information content (AvgIpc) is 3.09. The predicted octanol–water partition coefficient (Wildman–Crippen LogP) is 6.04. The molecule has 5 nitrogen and oxygen atoms in total. The number of hydrogen-bond acceptors (Lipinski definition) is 5. The van der Waals surface area contributed by atoms with Crippen molar-refractivity contribution in [3.63, 3.8) is 0 Å². The normalized spacial score (nSPS) is 11.8. The van der Waals surface area contributed by atoms with Crippen molar-refractivity contribution in [1.82, 2.24) is 0 Å². The zero-order chi connectivity index (χ0) is 22.5. The zero-order valence-corrected chi connectivity index (χ0v) is 19.2. The fourth-order valence-corrected chi connectivity index (χ4v) is 4.35. The molecule has 1 N–H and O–H groups in total. The molecule has 1 amide bonds. The largest absolute Gasteiger partial charge is 0.481 e. The van der Waals surface area contributed by atoms with Crippen LogP contribution in [-0.4, -0.2) is 25.1 Å². The van der Waals surface area contributed by atoms with Crippen LogP contribution in [0.5, 0.6) is 5.75 Å². The molecule has 3 aromatic rings. The molecule has 162 valence electrons. The van der Waals surface area contributed by atoms with E-state index in [1.807, 2.05) is 37.3 Å². The van der Waals surface area contributed by atoms with E-state index < -0.39 is 12.1 Å². The number of anilines is 1. The van der Waals surface area contributed by atoms with Gasteiger partial charge in [-0.25, -0.2) is 4.79 Å². The molecule has 6 heteroatoms. The second-order valence-electron chi connectivity index (χ2n) is 7.57. The lowest BCUT2D eigenvalue weighted by molar-refractivity contribution is -0.122. The SMILES string of the molecule is COC(=O)c1c(NC(=O)C(C)Oc2ccccc2)sc(C)c1-c1ccc(C(C)C)cc1. The first-order chi connectivity index (χ1) is 14.8. The van der Waals surface area contributed by atoms with Crippen LogP contribution in [0.2, 0.25) is 0 Å². The second-order valence-corrected chi connectivity index (χ2v) is 8.79. The topological polar surface area (TPSA) is 64.6 Å². The van der Waals surface area contributed by atoms with E-state index in [0.717, 1.165) is 16.0 Å². The van der Waals surface area contributed by atoms with Gasteiger partial charge in [0.15, 0.2) is 6.10 Å². The van der Waals surface area contributed by atoms with Crippen molar-refractivity contribution in [3.05, 3.63) is 70.6 Å². The Morgan fingerprint density at radius 3 is 2.19 bits per heavy atom. The summed E-state index contributed by atoms with van der Waals surface area (Å²) in [5, 5.41) is 3.32. The summed E-state index contributed by atoms with van der Waals surface area (Å²) in [5.74, 6) is 0.196. The first-order valence-electron chi connectivity index (χ1n) is 10.2. The minimum atomic E-state index is -0.732. The van der Waals surface area contributed by atoms with Crippen LogP contribution in [0.15, 0.2) is 54.6 Å². The first kappa shape index (κ1) is 22.6. The van der Waals surface area contributed by atoms with Gasteiger partial charge in [0.1, 0.15) is 16.3 Å². The fraction of sp³-hybridized carbons (Fsp3) is 0.280. The van der Waals surface area contributed by atoms with Gasteiger partial charge in [-0.1, -0.05) is 56.3 Å². The number of esters is 1. The van der Waals surface area contributed by atoms with Gasteiger partial charge in [-0.15, -0.1) is 11.3 Å². The third-order valence-corrected chi connectivity index (χ3v) is 6.02. The van der Waals surface area contributed by atoms with Crippen molar-refractivity contribution in [2.45, 2.75) is 39.7 Å². The number of carbonyl (C=O) groups is 2. The Bertz CT molecular complexity index is 1060. The predicted molar refractivity (Wildman–Crippen MR) is 125 cm³/mol. The van der Waals surface area contributed by atoms with Crippen molar-refractivity contribution in [2.24, 2.45) is 0 Å². The molecule has 1 unspecified atom stereocenters. The van der Waals surface area contributed by atoms with E-state index in [1.54, 1.807) is 19.1 Å². The van der Waals surface area contributed by atoms with Gasteiger partial charge in [0.25, 0.3) is 5.91 Å². The smallest absolute Gasteiger partial charge is 0.341 e. The molecule has 1 heterocycles. The first-order valence-corrected chi connectivity index (χ1v) is 11.0. The van der Waals surface area contributed by atoms with Crippen molar-refractivity contribution < 1.29 is 19.1 Å². The molecule has 0 fully saturated rings. The van der Waals surface area contributed by atoms with Crippen LogP contribution >= 0.6 is 11.3 Å². The molecule has 1 aromatic heterocycles. The van der Waals surface area contributed by atoms with Gasteiger partial charge in [0.2, 0.25) is 0 Å². The van der Waals surface area contributed by atoms with Gasteiger partial charge in [-0.2, -0.15) is 0 Å². The third kappa shape index (κ3) is 5.14. The maximum Gasteiger partial charge on any atom is 0.341 e. The molecule has 1 atom stereocenters. The highest BCUT2D eigenvalue weighted by Crippen LogP contribution is 2.40. The highest BCUT2D eigenvalue weighted by Gasteiger charge is 2.26. The fourth-order valence-electron chi connectivity index (χ4n) is 3.28. The Balaban J connectivity index is 1.91. The minimum Gasteiger partial charge on any atom is -0.481 e. The number of para-hydroxylation sites is 1. The maximum absolute atomic E-state index is 12.8. The number of amides is 1. The van der Waals surface area contributed by atoms with E-state index in [-0.39, 0.29) is 5.91 Å². The van der Waals surface area contributed by atoms with E-state index in [1.165, 1.54) is 24.0 Å². The third-order valence-electron chi connectivity index (χ3n) is 5.00. The minimum absolute atomic E-state index is 0.336. The molecule has 0 aliphatic carbocycles. The molecule has 0 radical (unpaired) electrons. The number of hydrogen-bond donors (Lipinski definition) is 1. The van der Waals surface area contributed by atoms with E-state index in [2.05, 4.69) is 31.3 Å². The molecule has 31 heavy (non-hydrogen) atoms. The van der Waals surface area contributed by atoms with Crippen LogP contribution < -0.4 is 10.1 Å². The quantitative estimate of drug-likeness (QED) is 0.458. The lowest BCUT2D eigenvalue weighted by Crippen LogP contribution is -2.30. The lowest BCUT2D eigenvalue weighted by Gasteiger charge is -2.15.